The number of hydrogen-bond acceptors (Lipinski definition) is 1. The van der Waals surface area contributed by atoms with E-state index in [4.69, 9.17) is 0 Å². The van der Waals surface area contributed by atoms with Crippen molar-refractivity contribution >= 4 is 10.9 Å². The zero-order chi connectivity index (χ0) is 11.0. The molecule has 1 aliphatic carbocycles. The van der Waals surface area contributed by atoms with Crippen molar-refractivity contribution in [2.45, 2.75) is 19.9 Å². The summed E-state index contributed by atoms with van der Waals surface area (Å²) < 4.78 is 0. The number of nitrogens with one attached hydrogen (secondary N) is 2. The summed E-state index contributed by atoms with van der Waals surface area (Å²) in [5, 5.41) is 4.90. The molecule has 2 aromatic rings. The van der Waals surface area contributed by atoms with Gasteiger partial charge in [-0.3, -0.25) is 0 Å². The number of H-pyrrole nitrogens is 1. The molecule has 3 rings (SSSR count). The highest BCUT2D eigenvalue weighted by atomic mass is 14.9. The van der Waals surface area contributed by atoms with Gasteiger partial charge in [0.1, 0.15) is 0 Å². The van der Waals surface area contributed by atoms with Crippen LogP contribution in [0.15, 0.2) is 30.5 Å². The normalized spacial score (nSPS) is 23.8. The minimum atomic E-state index is 0.921. The smallest absolute Gasteiger partial charge is 0.0457 e. The second-order valence-corrected chi connectivity index (χ2v) is 4.96. The first-order valence-corrected chi connectivity index (χ1v) is 6.10. The van der Waals surface area contributed by atoms with Crippen molar-refractivity contribution in [2.75, 3.05) is 6.54 Å². The lowest BCUT2D eigenvalue weighted by molar-refractivity contribution is 0.613. The molecular formula is C14H18N2. The Morgan fingerprint density at radius 2 is 2.19 bits per heavy atom. The molecule has 0 amide bonds. The molecule has 2 unspecified atom stereocenters. The molecule has 0 spiro atoms. The highest BCUT2D eigenvalue weighted by Crippen LogP contribution is 2.36. The third-order valence-electron chi connectivity index (χ3n) is 3.67. The summed E-state index contributed by atoms with van der Waals surface area (Å²) in [7, 11) is 0. The Labute approximate surface area is 96.1 Å². The van der Waals surface area contributed by atoms with E-state index < -0.39 is 0 Å². The topological polar surface area (TPSA) is 27.8 Å². The molecule has 1 aromatic carbocycles. The summed E-state index contributed by atoms with van der Waals surface area (Å²) in [6.07, 6.45) is 3.52. The van der Waals surface area contributed by atoms with E-state index in [0.717, 1.165) is 18.4 Å². The number of rotatable bonds is 4. The van der Waals surface area contributed by atoms with Crippen LogP contribution in [0.3, 0.4) is 0 Å². The molecule has 1 aromatic heterocycles. The maximum absolute atomic E-state index is 3.55. The van der Waals surface area contributed by atoms with Crippen LogP contribution < -0.4 is 5.32 Å². The lowest BCUT2D eigenvalue weighted by atomic mass is 10.2. The molecule has 1 fully saturated rings. The minimum Gasteiger partial charge on any atom is -0.361 e. The van der Waals surface area contributed by atoms with Crippen LogP contribution in [0, 0.1) is 11.8 Å². The van der Waals surface area contributed by atoms with E-state index in [9.17, 15) is 0 Å². The number of hydrogen-bond donors (Lipinski definition) is 2. The van der Waals surface area contributed by atoms with Crippen LogP contribution in [-0.4, -0.2) is 11.5 Å². The van der Waals surface area contributed by atoms with Gasteiger partial charge in [0.2, 0.25) is 0 Å². The Balaban J connectivity index is 1.65. The zero-order valence-electron chi connectivity index (χ0n) is 9.66. The Hall–Kier alpha value is -1.28. The largest absolute Gasteiger partial charge is 0.361 e. The molecule has 0 saturated heterocycles. The van der Waals surface area contributed by atoms with Gasteiger partial charge in [-0.05, 0) is 36.4 Å². The summed E-state index contributed by atoms with van der Waals surface area (Å²) >= 11 is 0. The molecule has 0 radical (unpaired) electrons. The van der Waals surface area contributed by atoms with E-state index in [1.807, 2.05) is 0 Å². The molecule has 2 nitrogen and oxygen atoms in total. The van der Waals surface area contributed by atoms with Crippen LogP contribution in [0.4, 0.5) is 0 Å². The first kappa shape index (κ1) is 9.91. The van der Waals surface area contributed by atoms with E-state index in [0.29, 0.717) is 0 Å². The highest BCUT2D eigenvalue weighted by Gasteiger charge is 2.31. The van der Waals surface area contributed by atoms with E-state index in [2.05, 4.69) is 47.7 Å². The van der Waals surface area contributed by atoms with Gasteiger partial charge < -0.3 is 10.3 Å². The first-order valence-electron chi connectivity index (χ1n) is 6.10. The second-order valence-electron chi connectivity index (χ2n) is 4.96. The van der Waals surface area contributed by atoms with Crippen molar-refractivity contribution in [1.29, 1.82) is 0 Å². The van der Waals surface area contributed by atoms with E-state index in [1.54, 1.807) is 0 Å². The van der Waals surface area contributed by atoms with Gasteiger partial charge in [-0.15, -0.1) is 0 Å². The van der Waals surface area contributed by atoms with Crippen molar-refractivity contribution in [3.8, 4) is 0 Å². The SMILES string of the molecule is CC1CC1CNCc1c[nH]c2ccccc12. The maximum atomic E-state index is 3.55. The van der Waals surface area contributed by atoms with Crippen molar-refractivity contribution in [3.63, 3.8) is 0 Å². The van der Waals surface area contributed by atoms with Crippen LogP contribution in [-0.2, 0) is 6.54 Å². The van der Waals surface area contributed by atoms with Gasteiger partial charge in [-0.25, -0.2) is 0 Å². The highest BCUT2D eigenvalue weighted by molar-refractivity contribution is 5.82. The average molecular weight is 214 g/mol. The Kier molecular flexibility index (Phi) is 2.44. The second kappa shape index (κ2) is 3.95. The molecule has 2 atom stereocenters. The summed E-state index contributed by atoms with van der Waals surface area (Å²) in [5.41, 5.74) is 2.61. The van der Waals surface area contributed by atoms with Crippen LogP contribution in [0.2, 0.25) is 0 Å². The zero-order valence-corrected chi connectivity index (χ0v) is 9.66. The van der Waals surface area contributed by atoms with Gasteiger partial charge in [0.15, 0.2) is 0 Å². The average Bonchev–Trinajstić information content (AvgIpc) is 2.86. The monoisotopic (exact) mass is 214 g/mol. The number of para-hydroxylation sites is 1. The Morgan fingerprint density at radius 3 is 3.00 bits per heavy atom. The summed E-state index contributed by atoms with van der Waals surface area (Å²) in [5.74, 6) is 1.86. The van der Waals surface area contributed by atoms with E-state index in [1.165, 1.54) is 29.4 Å². The number of benzene rings is 1. The minimum absolute atomic E-state index is 0.921. The molecule has 2 heteroatoms. The van der Waals surface area contributed by atoms with Crippen LogP contribution >= 0.6 is 0 Å². The first-order chi connectivity index (χ1) is 7.84. The molecule has 2 N–H and O–H groups in total. The van der Waals surface area contributed by atoms with Gasteiger partial charge in [0.25, 0.3) is 0 Å². The van der Waals surface area contributed by atoms with Crippen molar-refractivity contribution in [1.82, 2.24) is 10.3 Å². The fourth-order valence-electron chi connectivity index (χ4n) is 2.35. The standard InChI is InChI=1S/C14H18N2/c1-10-6-11(10)7-15-8-12-9-16-14-5-3-2-4-13(12)14/h2-5,9-11,15-16H,6-8H2,1H3. The lowest BCUT2D eigenvalue weighted by Crippen LogP contribution is -2.16. The molecule has 1 saturated carbocycles. The maximum Gasteiger partial charge on any atom is 0.0457 e. The fraction of sp³-hybridized carbons (Fsp3) is 0.429. The van der Waals surface area contributed by atoms with Gasteiger partial charge in [-0.2, -0.15) is 0 Å². The van der Waals surface area contributed by atoms with Crippen LogP contribution in [0.25, 0.3) is 10.9 Å². The molecule has 16 heavy (non-hydrogen) atoms. The van der Waals surface area contributed by atoms with Gasteiger partial charge >= 0.3 is 0 Å². The predicted octanol–water partition coefficient (Wildman–Crippen LogP) is 2.91. The lowest BCUT2D eigenvalue weighted by Gasteiger charge is -2.02. The molecule has 1 heterocycles. The fourth-order valence-corrected chi connectivity index (χ4v) is 2.35. The van der Waals surface area contributed by atoms with E-state index >= 15 is 0 Å². The molecule has 0 bridgehead atoms. The molecule has 1 aliphatic rings. The number of aromatic amines is 1. The Bertz CT molecular complexity index is 486. The summed E-state index contributed by atoms with van der Waals surface area (Å²) in [6.45, 7) is 4.48. The van der Waals surface area contributed by atoms with E-state index in [-0.39, 0.29) is 0 Å². The third kappa shape index (κ3) is 1.85. The Morgan fingerprint density at radius 1 is 1.38 bits per heavy atom. The third-order valence-corrected chi connectivity index (χ3v) is 3.67. The van der Waals surface area contributed by atoms with Crippen molar-refractivity contribution in [3.05, 3.63) is 36.0 Å². The summed E-state index contributed by atoms with van der Waals surface area (Å²) in [4.78, 5) is 3.31. The quantitative estimate of drug-likeness (QED) is 0.804. The summed E-state index contributed by atoms with van der Waals surface area (Å²) in [6, 6.07) is 8.48. The molecule has 0 aliphatic heterocycles. The molecular weight excluding hydrogens is 196 g/mol. The van der Waals surface area contributed by atoms with Gasteiger partial charge in [0.05, 0.1) is 0 Å². The van der Waals surface area contributed by atoms with Gasteiger partial charge in [-0.1, -0.05) is 25.1 Å². The van der Waals surface area contributed by atoms with Crippen LogP contribution in [0.1, 0.15) is 18.9 Å². The van der Waals surface area contributed by atoms with Crippen LogP contribution in [0.5, 0.6) is 0 Å². The van der Waals surface area contributed by atoms with Crippen molar-refractivity contribution < 1.29 is 0 Å². The molecule has 84 valence electrons. The number of aromatic nitrogens is 1. The van der Waals surface area contributed by atoms with Gasteiger partial charge in [0, 0.05) is 23.6 Å². The number of fused-ring (bicyclic) bond motifs is 1. The predicted molar refractivity (Wildman–Crippen MR) is 67.3 cm³/mol. The van der Waals surface area contributed by atoms with Crippen molar-refractivity contribution in [2.24, 2.45) is 11.8 Å².